The van der Waals surface area contributed by atoms with Crippen LogP contribution in [0.15, 0.2) is 54.6 Å². The molecule has 0 bridgehead atoms. The second kappa shape index (κ2) is 9.95. The monoisotopic (exact) mass is 463 g/mol. The van der Waals surface area contributed by atoms with Gasteiger partial charge in [-0.25, -0.2) is 13.9 Å². The molecule has 2 aromatic carbocycles. The Morgan fingerprint density at radius 2 is 1.91 bits per heavy atom. The first kappa shape index (κ1) is 22.6. The van der Waals surface area contributed by atoms with Crippen LogP contribution in [0.1, 0.15) is 29.2 Å². The zero-order valence-electron chi connectivity index (χ0n) is 19.3. The van der Waals surface area contributed by atoms with Crippen LogP contribution in [0.3, 0.4) is 0 Å². The number of hydrogen-bond donors (Lipinski definition) is 2. The Morgan fingerprint density at radius 1 is 1.12 bits per heavy atom. The number of hydrogen-bond acceptors (Lipinski definition) is 4. The number of fused-ring (bicyclic) bond motifs is 1. The molecule has 0 saturated carbocycles. The molecule has 1 aliphatic heterocycles. The molecule has 2 atom stereocenters. The highest BCUT2D eigenvalue weighted by molar-refractivity contribution is 5.90. The van der Waals surface area contributed by atoms with Crippen molar-refractivity contribution >= 4 is 11.8 Å². The van der Waals surface area contributed by atoms with Gasteiger partial charge in [0.15, 0.2) is 0 Å². The quantitative estimate of drug-likeness (QED) is 0.560. The molecule has 2 amide bonds. The zero-order valence-corrected chi connectivity index (χ0v) is 19.3. The van der Waals surface area contributed by atoms with Gasteiger partial charge >= 0.3 is 6.03 Å². The fourth-order valence-electron chi connectivity index (χ4n) is 5.07. The van der Waals surface area contributed by atoms with Crippen LogP contribution in [0.5, 0.6) is 0 Å². The number of rotatable bonds is 7. The van der Waals surface area contributed by atoms with Crippen molar-refractivity contribution in [2.24, 2.45) is 0 Å². The lowest BCUT2D eigenvalue weighted by atomic mass is 9.94. The van der Waals surface area contributed by atoms with Crippen LogP contribution in [0.2, 0.25) is 0 Å². The number of urea groups is 1. The van der Waals surface area contributed by atoms with Crippen molar-refractivity contribution in [1.82, 2.24) is 20.0 Å². The highest BCUT2D eigenvalue weighted by atomic mass is 19.1. The van der Waals surface area contributed by atoms with Crippen LogP contribution in [-0.4, -0.2) is 60.1 Å². The molecule has 178 valence electrons. The summed E-state index contributed by atoms with van der Waals surface area (Å²) in [6.07, 6.45) is 2.77. The summed E-state index contributed by atoms with van der Waals surface area (Å²) in [5.74, 6) is 0.556. The maximum Gasteiger partial charge on any atom is 0.320 e. The van der Waals surface area contributed by atoms with Crippen LogP contribution in [0, 0.1) is 5.82 Å². The highest BCUT2D eigenvalue weighted by Crippen LogP contribution is 2.32. The Labute approximate surface area is 198 Å². The van der Waals surface area contributed by atoms with E-state index in [1.807, 2.05) is 18.2 Å². The van der Waals surface area contributed by atoms with Gasteiger partial charge in [0.05, 0.1) is 24.0 Å². The molecule has 0 unspecified atom stereocenters. The fraction of sp³-hybridized carbons (Fsp3) is 0.385. The van der Waals surface area contributed by atoms with Crippen LogP contribution >= 0.6 is 0 Å². The minimum atomic E-state index is -0.304. The lowest BCUT2D eigenvalue weighted by Crippen LogP contribution is -2.42. The molecule has 3 aromatic rings. The molecule has 1 fully saturated rings. The Bertz CT molecular complexity index is 1130. The number of nitrogens with one attached hydrogen (secondary N) is 2. The summed E-state index contributed by atoms with van der Waals surface area (Å²) >= 11 is 0. The number of methoxy groups -OCH3 is 1. The number of carbonyl (C=O) groups excluding carboxylic acids is 1. The topological polar surface area (TPSA) is 71.4 Å². The first-order chi connectivity index (χ1) is 16.6. The van der Waals surface area contributed by atoms with E-state index in [1.165, 1.54) is 17.7 Å². The average Bonchev–Trinajstić information content (AvgIpc) is 3.55. The number of nitrogens with zero attached hydrogens (tertiary/aromatic N) is 3. The van der Waals surface area contributed by atoms with Gasteiger partial charge in [0.1, 0.15) is 11.6 Å². The van der Waals surface area contributed by atoms with Crippen molar-refractivity contribution in [2.75, 3.05) is 38.7 Å². The van der Waals surface area contributed by atoms with E-state index >= 15 is 0 Å². The second-order valence-electron chi connectivity index (χ2n) is 8.99. The molecular weight excluding hydrogens is 433 g/mol. The van der Waals surface area contributed by atoms with Crippen molar-refractivity contribution in [3.8, 4) is 5.69 Å². The minimum absolute atomic E-state index is 0.0329. The van der Waals surface area contributed by atoms with Crippen molar-refractivity contribution < 1.29 is 13.9 Å². The van der Waals surface area contributed by atoms with Crippen molar-refractivity contribution in [3.05, 3.63) is 77.2 Å². The largest absolute Gasteiger partial charge is 0.383 e. The van der Waals surface area contributed by atoms with E-state index in [0.29, 0.717) is 12.4 Å². The van der Waals surface area contributed by atoms with E-state index in [-0.39, 0.29) is 23.8 Å². The number of aryl methyl sites for hydroxylation is 1. The third-order valence-corrected chi connectivity index (χ3v) is 6.76. The molecule has 1 saturated heterocycles. The summed E-state index contributed by atoms with van der Waals surface area (Å²) in [6, 6.07) is 16.2. The number of aromatic nitrogens is 2. The SMILES string of the molecule is COCCN1C[C@@H](NC(=O)Nc2c3c(nn2-c2ccc(F)cc2)CCC3)[C@H](c2ccccc2)C1. The van der Waals surface area contributed by atoms with Crippen molar-refractivity contribution in [1.29, 1.82) is 0 Å². The lowest BCUT2D eigenvalue weighted by molar-refractivity contribution is 0.159. The molecule has 0 radical (unpaired) electrons. The van der Waals surface area contributed by atoms with Gasteiger partial charge in [0, 0.05) is 38.2 Å². The molecule has 7 nitrogen and oxygen atoms in total. The van der Waals surface area contributed by atoms with Gasteiger partial charge in [0.25, 0.3) is 0 Å². The highest BCUT2D eigenvalue weighted by Gasteiger charge is 2.35. The van der Waals surface area contributed by atoms with E-state index in [4.69, 9.17) is 9.84 Å². The Balaban J connectivity index is 1.35. The predicted molar refractivity (Wildman–Crippen MR) is 129 cm³/mol. The summed E-state index contributed by atoms with van der Waals surface area (Å²) in [6.45, 7) is 3.10. The normalized spacial score (nSPS) is 19.8. The third-order valence-electron chi connectivity index (χ3n) is 6.76. The number of likely N-dealkylation sites (tertiary alicyclic amines) is 1. The maximum atomic E-state index is 13.5. The summed E-state index contributed by atoms with van der Waals surface area (Å²) in [5, 5.41) is 11.0. The van der Waals surface area contributed by atoms with Crippen LogP contribution < -0.4 is 10.6 Å². The molecule has 2 heterocycles. The lowest BCUT2D eigenvalue weighted by Gasteiger charge is -2.21. The van der Waals surface area contributed by atoms with E-state index in [9.17, 15) is 9.18 Å². The maximum absolute atomic E-state index is 13.5. The third kappa shape index (κ3) is 4.69. The fourth-order valence-corrected chi connectivity index (χ4v) is 5.07. The van der Waals surface area contributed by atoms with Gasteiger partial charge in [-0.1, -0.05) is 30.3 Å². The molecule has 1 aliphatic carbocycles. The van der Waals surface area contributed by atoms with Crippen LogP contribution in [-0.2, 0) is 17.6 Å². The van der Waals surface area contributed by atoms with Gasteiger partial charge in [-0.3, -0.25) is 10.2 Å². The van der Waals surface area contributed by atoms with Gasteiger partial charge in [0.2, 0.25) is 0 Å². The molecular formula is C26H30FN5O2. The number of anilines is 1. The first-order valence-corrected chi connectivity index (χ1v) is 11.8. The van der Waals surface area contributed by atoms with E-state index in [1.54, 1.807) is 23.9 Å². The number of carbonyl (C=O) groups is 1. The van der Waals surface area contributed by atoms with Crippen LogP contribution in [0.4, 0.5) is 15.0 Å². The number of halogens is 1. The average molecular weight is 464 g/mol. The summed E-state index contributed by atoms with van der Waals surface area (Å²) in [4.78, 5) is 15.6. The molecule has 2 aliphatic rings. The van der Waals surface area contributed by atoms with Gasteiger partial charge in [-0.2, -0.15) is 5.10 Å². The Hall–Kier alpha value is -3.23. The molecule has 1 aromatic heterocycles. The Kier molecular flexibility index (Phi) is 6.60. The van der Waals surface area contributed by atoms with E-state index < -0.39 is 0 Å². The standard InChI is InChI=1S/C26H30FN5O2/c1-34-15-14-31-16-22(18-6-3-2-4-7-18)24(17-31)28-26(33)29-25-21-8-5-9-23(21)30-32(25)20-12-10-19(27)11-13-20/h2-4,6-7,10-13,22,24H,5,8-9,14-17H2,1H3,(H2,28,29,33)/t22-,24+/m0/s1. The second-order valence-corrected chi connectivity index (χ2v) is 8.99. The van der Waals surface area contributed by atoms with Crippen LogP contribution in [0.25, 0.3) is 5.69 Å². The summed E-state index contributed by atoms with van der Waals surface area (Å²) in [7, 11) is 1.71. The molecule has 5 rings (SSSR count). The Morgan fingerprint density at radius 3 is 2.68 bits per heavy atom. The van der Waals surface area contributed by atoms with Gasteiger partial charge in [-0.05, 0) is 49.1 Å². The number of ether oxygens (including phenoxy) is 1. The molecule has 8 heteroatoms. The zero-order chi connectivity index (χ0) is 23.5. The number of amides is 2. The molecule has 34 heavy (non-hydrogen) atoms. The smallest absolute Gasteiger partial charge is 0.320 e. The number of benzene rings is 2. The van der Waals surface area contributed by atoms with Gasteiger partial charge < -0.3 is 10.1 Å². The van der Waals surface area contributed by atoms with E-state index in [0.717, 1.165) is 55.8 Å². The van der Waals surface area contributed by atoms with Crippen molar-refractivity contribution in [2.45, 2.75) is 31.2 Å². The van der Waals surface area contributed by atoms with Gasteiger partial charge in [-0.15, -0.1) is 0 Å². The summed E-state index contributed by atoms with van der Waals surface area (Å²) < 4.78 is 20.4. The minimum Gasteiger partial charge on any atom is -0.383 e. The van der Waals surface area contributed by atoms with E-state index in [2.05, 4.69) is 27.7 Å². The van der Waals surface area contributed by atoms with Crippen molar-refractivity contribution in [3.63, 3.8) is 0 Å². The predicted octanol–water partition coefficient (Wildman–Crippen LogP) is 3.74. The molecule has 2 N–H and O–H groups in total. The molecule has 0 spiro atoms. The first-order valence-electron chi connectivity index (χ1n) is 11.8. The summed E-state index contributed by atoms with van der Waals surface area (Å²) in [5.41, 5.74) is 3.99.